The molecule has 0 unspecified atom stereocenters. The predicted octanol–water partition coefficient (Wildman–Crippen LogP) is 4.52. The molecule has 4 heteroatoms. The lowest BCUT2D eigenvalue weighted by molar-refractivity contribution is -0.0839. The van der Waals surface area contributed by atoms with Crippen LogP contribution in [0, 0.1) is 0 Å². The molecule has 4 rings (SSSR count). The molecule has 2 aromatic carbocycles. The summed E-state index contributed by atoms with van der Waals surface area (Å²) in [7, 11) is 0. The summed E-state index contributed by atoms with van der Waals surface area (Å²) < 4.78 is 17.7. The van der Waals surface area contributed by atoms with Gasteiger partial charge in [-0.05, 0) is 49.9 Å². The maximum Gasteiger partial charge on any atom is 0.336 e. The van der Waals surface area contributed by atoms with Crippen LogP contribution in [0.25, 0.3) is 11.0 Å². The molecule has 1 atom stereocenters. The van der Waals surface area contributed by atoms with Gasteiger partial charge in [0, 0.05) is 30.5 Å². The van der Waals surface area contributed by atoms with E-state index in [9.17, 15) is 4.79 Å². The van der Waals surface area contributed by atoms with Gasteiger partial charge >= 0.3 is 5.63 Å². The van der Waals surface area contributed by atoms with Gasteiger partial charge in [-0.2, -0.15) is 0 Å². The first-order valence-electron chi connectivity index (χ1n) is 9.43. The van der Waals surface area contributed by atoms with Gasteiger partial charge in [-0.15, -0.1) is 0 Å². The summed E-state index contributed by atoms with van der Waals surface area (Å²) in [5, 5.41) is 0.902. The Bertz CT molecular complexity index is 988. The summed E-state index contributed by atoms with van der Waals surface area (Å²) in [5.41, 5.74) is 2.18. The Morgan fingerprint density at radius 3 is 2.74 bits per heavy atom. The molecule has 0 saturated carbocycles. The summed E-state index contributed by atoms with van der Waals surface area (Å²) in [6.07, 6.45) is 2.75. The second kappa shape index (κ2) is 7.20. The van der Waals surface area contributed by atoms with Gasteiger partial charge in [0.2, 0.25) is 0 Å². The van der Waals surface area contributed by atoms with Crippen LogP contribution in [0.15, 0.2) is 63.8 Å². The monoisotopic (exact) mass is 364 g/mol. The average Bonchev–Trinajstić information content (AvgIpc) is 2.64. The van der Waals surface area contributed by atoms with E-state index in [4.69, 9.17) is 13.9 Å². The Morgan fingerprint density at radius 2 is 1.93 bits per heavy atom. The van der Waals surface area contributed by atoms with Gasteiger partial charge in [-0.25, -0.2) is 4.79 Å². The Balaban J connectivity index is 1.45. The van der Waals surface area contributed by atoms with E-state index in [1.807, 2.05) is 32.0 Å². The molecule has 3 aromatic rings. The van der Waals surface area contributed by atoms with E-state index >= 15 is 0 Å². The molecule has 1 aliphatic heterocycles. The molecule has 1 aromatic heterocycles. The normalized spacial score (nSPS) is 18.1. The Morgan fingerprint density at radius 1 is 1.11 bits per heavy atom. The van der Waals surface area contributed by atoms with Crippen LogP contribution in [-0.2, 0) is 17.6 Å². The molecule has 2 heterocycles. The largest absolute Gasteiger partial charge is 0.485 e. The third kappa shape index (κ3) is 3.91. The van der Waals surface area contributed by atoms with Crippen LogP contribution >= 0.6 is 0 Å². The summed E-state index contributed by atoms with van der Waals surface area (Å²) in [6.45, 7) is 4.79. The van der Waals surface area contributed by atoms with Crippen molar-refractivity contribution in [2.75, 3.05) is 6.61 Å². The van der Waals surface area contributed by atoms with Crippen LogP contribution in [-0.4, -0.2) is 18.3 Å². The molecular formula is C23H24O4. The molecule has 0 N–H and O–H groups in total. The molecule has 4 nitrogen and oxygen atoms in total. The molecule has 27 heavy (non-hydrogen) atoms. The van der Waals surface area contributed by atoms with Gasteiger partial charge in [0.15, 0.2) is 0 Å². The highest BCUT2D eigenvalue weighted by Gasteiger charge is 2.38. The molecule has 0 amide bonds. The molecule has 0 saturated heterocycles. The summed E-state index contributed by atoms with van der Waals surface area (Å²) in [4.78, 5) is 11.5. The maximum absolute atomic E-state index is 11.5. The smallest absolute Gasteiger partial charge is 0.336 e. The first-order chi connectivity index (χ1) is 13.0. The van der Waals surface area contributed by atoms with E-state index in [-0.39, 0.29) is 11.7 Å². The SMILES string of the molecule is CC1(C)Oc2cc3oc(=O)ccc3cc2C[C@H]1OCCCc1ccccc1. The van der Waals surface area contributed by atoms with Crippen LogP contribution in [0.5, 0.6) is 5.75 Å². The summed E-state index contributed by atoms with van der Waals surface area (Å²) >= 11 is 0. The zero-order valence-corrected chi connectivity index (χ0v) is 15.7. The topological polar surface area (TPSA) is 48.7 Å². The molecule has 0 spiro atoms. The lowest BCUT2D eigenvalue weighted by atomic mass is 9.90. The minimum absolute atomic E-state index is 0.0195. The van der Waals surface area contributed by atoms with Gasteiger partial charge in [0.1, 0.15) is 23.0 Å². The number of hydrogen-bond acceptors (Lipinski definition) is 4. The minimum atomic E-state index is -0.442. The third-order valence-electron chi connectivity index (χ3n) is 5.13. The first kappa shape index (κ1) is 17.8. The van der Waals surface area contributed by atoms with E-state index in [1.165, 1.54) is 11.6 Å². The molecule has 0 radical (unpaired) electrons. The highest BCUT2D eigenvalue weighted by atomic mass is 16.6. The number of fused-ring (bicyclic) bond motifs is 2. The highest BCUT2D eigenvalue weighted by Crippen LogP contribution is 2.37. The molecule has 0 bridgehead atoms. The quantitative estimate of drug-likeness (QED) is 0.493. The van der Waals surface area contributed by atoms with Crippen LogP contribution in [0.1, 0.15) is 31.4 Å². The zero-order valence-electron chi connectivity index (χ0n) is 15.7. The van der Waals surface area contributed by atoms with Crippen LogP contribution < -0.4 is 10.4 Å². The third-order valence-corrected chi connectivity index (χ3v) is 5.13. The molecular weight excluding hydrogens is 340 g/mol. The Kier molecular flexibility index (Phi) is 4.75. The van der Waals surface area contributed by atoms with Crippen molar-refractivity contribution in [1.29, 1.82) is 0 Å². The lowest BCUT2D eigenvalue weighted by Gasteiger charge is -2.39. The molecule has 1 aliphatic rings. The van der Waals surface area contributed by atoms with E-state index in [0.717, 1.165) is 36.0 Å². The predicted molar refractivity (Wildman–Crippen MR) is 105 cm³/mol. The zero-order chi connectivity index (χ0) is 18.9. The second-order valence-corrected chi connectivity index (χ2v) is 7.61. The highest BCUT2D eigenvalue weighted by molar-refractivity contribution is 5.79. The van der Waals surface area contributed by atoms with E-state index in [0.29, 0.717) is 12.2 Å². The van der Waals surface area contributed by atoms with Crippen LogP contribution in [0.4, 0.5) is 0 Å². The summed E-state index contributed by atoms with van der Waals surface area (Å²) in [5.74, 6) is 0.769. The standard InChI is InChI=1S/C23H24O4/c1-23(2)21(25-12-6-9-16-7-4-3-5-8-16)14-18-13-17-10-11-22(24)26-19(17)15-20(18)27-23/h3-5,7-8,10-11,13,15,21H,6,9,12,14H2,1-2H3/t21-/m1/s1. The van der Waals surface area contributed by atoms with E-state index < -0.39 is 5.60 Å². The van der Waals surface area contributed by atoms with Crippen molar-refractivity contribution in [3.05, 3.63) is 76.1 Å². The van der Waals surface area contributed by atoms with Gasteiger partial charge in [-0.3, -0.25) is 0 Å². The minimum Gasteiger partial charge on any atom is -0.485 e. The van der Waals surface area contributed by atoms with E-state index in [1.54, 1.807) is 6.07 Å². The van der Waals surface area contributed by atoms with Crippen LogP contribution in [0.3, 0.4) is 0 Å². The van der Waals surface area contributed by atoms with Crippen molar-refractivity contribution in [2.24, 2.45) is 0 Å². The van der Waals surface area contributed by atoms with Gasteiger partial charge in [0.05, 0.1) is 0 Å². The lowest BCUT2D eigenvalue weighted by Crippen LogP contribution is -2.48. The van der Waals surface area contributed by atoms with Crippen LogP contribution in [0.2, 0.25) is 0 Å². The second-order valence-electron chi connectivity index (χ2n) is 7.61. The van der Waals surface area contributed by atoms with Crippen molar-refractivity contribution < 1.29 is 13.9 Å². The number of aryl methyl sites for hydroxylation is 1. The van der Waals surface area contributed by atoms with Crippen molar-refractivity contribution in [2.45, 2.75) is 44.8 Å². The first-order valence-corrected chi connectivity index (χ1v) is 9.43. The number of ether oxygens (including phenoxy) is 2. The molecule has 0 fully saturated rings. The van der Waals surface area contributed by atoms with E-state index in [2.05, 4.69) is 24.3 Å². The fourth-order valence-electron chi connectivity index (χ4n) is 3.60. The van der Waals surface area contributed by atoms with Gasteiger partial charge < -0.3 is 13.9 Å². The molecule has 140 valence electrons. The number of rotatable bonds is 5. The Hall–Kier alpha value is -2.59. The van der Waals surface area contributed by atoms with Crippen molar-refractivity contribution in [3.63, 3.8) is 0 Å². The maximum atomic E-state index is 11.5. The molecule has 0 aliphatic carbocycles. The van der Waals surface area contributed by atoms with Crippen molar-refractivity contribution in [1.82, 2.24) is 0 Å². The number of hydrogen-bond donors (Lipinski definition) is 0. The van der Waals surface area contributed by atoms with Crippen molar-refractivity contribution >= 4 is 11.0 Å². The van der Waals surface area contributed by atoms with Gasteiger partial charge in [-0.1, -0.05) is 30.3 Å². The Labute approximate surface area is 158 Å². The summed E-state index contributed by atoms with van der Waals surface area (Å²) in [6, 6.07) is 17.5. The average molecular weight is 364 g/mol. The van der Waals surface area contributed by atoms with Gasteiger partial charge in [0.25, 0.3) is 0 Å². The van der Waals surface area contributed by atoms with Crippen molar-refractivity contribution in [3.8, 4) is 5.75 Å². The fraction of sp³-hybridized carbons (Fsp3) is 0.348. The fourth-order valence-corrected chi connectivity index (χ4v) is 3.60. The number of benzene rings is 2.